The first-order chi connectivity index (χ1) is 41.0. The van der Waals surface area contributed by atoms with Crippen molar-refractivity contribution in [1.29, 1.82) is 10.5 Å². The summed E-state index contributed by atoms with van der Waals surface area (Å²) in [6, 6.07) is 22.9. The number of ether oxygens (including phenoxy) is 12. The second-order valence-electron chi connectivity index (χ2n) is 18.5. The van der Waals surface area contributed by atoms with Crippen LogP contribution in [-0.4, -0.2) is 238 Å². The minimum Gasteiger partial charge on any atom is -0.491 e. The van der Waals surface area contributed by atoms with Crippen LogP contribution in [0.15, 0.2) is 92.6 Å². The first-order valence-electron chi connectivity index (χ1n) is 26.8. The number of rotatable bonds is 38. The van der Waals surface area contributed by atoms with E-state index in [1.165, 1.54) is 23.5 Å². The third kappa shape index (κ3) is 20.9. The van der Waals surface area contributed by atoms with Crippen LogP contribution >= 0.6 is 23.5 Å². The fourth-order valence-electron chi connectivity index (χ4n) is 7.98. The predicted molar refractivity (Wildman–Crippen MR) is 290 cm³/mol. The van der Waals surface area contributed by atoms with Gasteiger partial charge in [-0.1, -0.05) is 34.0 Å². The molecule has 458 valence electrons. The Balaban J connectivity index is 0.693. The van der Waals surface area contributed by atoms with Crippen molar-refractivity contribution in [1.82, 2.24) is 30.0 Å². The van der Waals surface area contributed by atoms with Crippen LogP contribution in [0, 0.1) is 22.7 Å². The van der Waals surface area contributed by atoms with Crippen molar-refractivity contribution in [2.75, 3.05) is 106 Å². The predicted octanol–water partition coefficient (Wildman–Crippen LogP) is -0.194. The Morgan fingerprint density at radius 3 is 1.15 bits per heavy atom. The summed E-state index contributed by atoms with van der Waals surface area (Å²) in [5.41, 5.74) is 1.45. The molecule has 0 radical (unpaired) electrons. The number of hydrogen-bond acceptors (Lipinski definition) is 28. The van der Waals surface area contributed by atoms with Crippen LogP contribution in [0.5, 0.6) is 11.5 Å². The lowest BCUT2D eigenvalue weighted by atomic mass is 9.99. The molecule has 2 aliphatic rings. The van der Waals surface area contributed by atoms with Gasteiger partial charge in [0.05, 0.1) is 142 Å². The van der Waals surface area contributed by atoms with Gasteiger partial charge in [-0.15, -0.1) is 10.2 Å². The number of aromatic nitrogens is 6. The fraction of sp³-hybridized carbons (Fsp3) is 0.556. The number of aliphatic hydroxyl groups is 8. The average Bonchev–Trinajstić information content (AvgIpc) is 4.25. The highest BCUT2D eigenvalue weighted by molar-refractivity contribution is 8.02. The van der Waals surface area contributed by atoms with Crippen molar-refractivity contribution >= 4 is 23.5 Å². The van der Waals surface area contributed by atoms with Crippen LogP contribution < -0.4 is 9.47 Å². The van der Waals surface area contributed by atoms with E-state index >= 15 is 0 Å². The van der Waals surface area contributed by atoms with Gasteiger partial charge in [-0.2, -0.15) is 10.5 Å². The minimum absolute atomic E-state index is 0.0852. The van der Waals surface area contributed by atoms with E-state index in [1.54, 1.807) is 33.9 Å². The molecule has 30 heteroatoms. The maximum absolute atomic E-state index is 10.1. The van der Waals surface area contributed by atoms with Crippen LogP contribution in [-0.2, 0) is 73.7 Å². The molecule has 8 N–H and O–H groups in total. The molecule has 28 nitrogen and oxygen atoms in total. The molecule has 7 rings (SSSR count). The van der Waals surface area contributed by atoms with Gasteiger partial charge < -0.3 is 97.7 Å². The lowest BCUT2D eigenvalue weighted by Crippen LogP contribution is -2.59. The molecular weight excluding hydrogens is 1140 g/mol. The van der Waals surface area contributed by atoms with E-state index in [-0.39, 0.29) is 24.3 Å². The van der Waals surface area contributed by atoms with Gasteiger partial charge in [-0.3, -0.25) is 0 Å². The molecule has 10 atom stereocenters. The number of nitrogens with zero attached hydrogens (tertiary/aromatic N) is 8. The van der Waals surface area contributed by atoms with Gasteiger partial charge in [0.15, 0.2) is 12.6 Å². The number of benzene rings is 3. The number of hydrogen-bond donors (Lipinski definition) is 8. The normalized spacial score (nSPS) is 22.4. The zero-order valence-corrected chi connectivity index (χ0v) is 47.3. The highest BCUT2D eigenvalue weighted by Gasteiger charge is 2.45. The van der Waals surface area contributed by atoms with Crippen LogP contribution in [0.1, 0.15) is 22.5 Å². The van der Waals surface area contributed by atoms with Gasteiger partial charge in [-0.05, 0) is 60.7 Å². The fourth-order valence-corrected chi connectivity index (χ4v) is 9.95. The van der Waals surface area contributed by atoms with E-state index in [9.17, 15) is 51.4 Å². The molecule has 2 aromatic heterocycles. The molecule has 0 unspecified atom stereocenters. The van der Waals surface area contributed by atoms with Crippen molar-refractivity contribution in [3.8, 4) is 23.6 Å². The Labute approximate surface area is 492 Å². The summed E-state index contributed by atoms with van der Waals surface area (Å²) in [5.74, 6) is 1.32. The summed E-state index contributed by atoms with van der Waals surface area (Å²) >= 11 is 2.94. The van der Waals surface area contributed by atoms with Gasteiger partial charge >= 0.3 is 0 Å². The van der Waals surface area contributed by atoms with E-state index < -0.39 is 74.6 Å². The molecule has 3 aromatic carbocycles. The lowest BCUT2D eigenvalue weighted by Gasteiger charge is -2.39. The summed E-state index contributed by atoms with van der Waals surface area (Å²) in [4.78, 5) is 3.44. The van der Waals surface area contributed by atoms with Crippen molar-refractivity contribution < 1.29 is 97.7 Å². The molecule has 4 heterocycles. The summed E-state index contributed by atoms with van der Waals surface area (Å²) in [6.07, 6.45) is -10.4. The van der Waals surface area contributed by atoms with E-state index in [0.717, 1.165) is 19.6 Å². The Morgan fingerprint density at radius 1 is 0.464 bits per heavy atom. The molecular formula is C54H70N8O20S2. The molecule has 2 fully saturated rings. The largest absolute Gasteiger partial charge is 0.491 e. The Morgan fingerprint density at radius 2 is 0.810 bits per heavy atom. The maximum Gasteiger partial charge on any atom is 0.187 e. The van der Waals surface area contributed by atoms with Crippen molar-refractivity contribution in [2.24, 2.45) is 0 Å². The molecule has 2 saturated heterocycles. The first-order valence-corrected chi connectivity index (χ1v) is 28.5. The quantitative estimate of drug-likeness (QED) is 0.0237. The van der Waals surface area contributed by atoms with E-state index in [4.69, 9.17) is 56.8 Å². The van der Waals surface area contributed by atoms with E-state index in [1.807, 2.05) is 48.5 Å². The third-order valence-electron chi connectivity index (χ3n) is 12.5. The van der Waals surface area contributed by atoms with Crippen LogP contribution in [0.25, 0.3) is 0 Å². The summed E-state index contributed by atoms with van der Waals surface area (Å²) in [6.45, 7) is 4.56. The summed E-state index contributed by atoms with van der Waals surface area (Å²) in [7, 11) is 0. The number of nitriles is 2. The van der Waals surface area contributed by atoms with Crippen molar-refractivity contribution in [2.45, 2.75) is 107 Å². The van der Waals surface area contributed by atoms with Crippen LogP contribution in [0.4, 0.5) is 0 Å². The molecule has 2 aliphatic heterocycles. The van der Waals surface area contributed by atoms with Crippen LogP contribution in [0.2, 0.25) is 0 Å². The average molecular weight is 1220 g/mol. The smallest absolute Gasteiger partial charge is 0.187 e. The zero-order chi connectivity index (χ0) is 59.5. The molecule has 0 bridgehead atoms. The molecule has 0 amide bonds. The van der Waals surface area contributed by atoms with Gasteiger partial charge in [0.25, 0.3) is 0 Å². The van der Waals surface area contributed by atoms with Crippen molar-refractivity contribution in [3.05, 3.63) is 95.6 Å². The standard InChI is InChI=1S/C54H70N8O20S2/c55-27-35-25-45(83-41-5-1-39(2-6-41)77-23-21-75-19-17-73-15-13-71-11-9-61-29-37(57-59-61)33-79-53-51(69)49(67)47(65)43(31-63)81-53)46(26-36(35)28-56)84-42-7-3-40(4-8-42)78-24-22-76-20-18-74-16-14-72-12-10-62-30-38(58-60-62)34-80-54-52(70)50(68)48(66)44(32-64)82-54/h1-8,25-26,29-30,43-44,47-54,63-70H,9-24,31-34H2/t43-,44-,47-,48-,49+,50+,51+,52+,53+,54+/m1/s1. The molecule has 84 heavy (non-hydrogen) atoms. The monoisotopic (exact) mass is 1210 g/mol. The molecule has 0 aliphatic carbocycles. The molecule has 0 saturated carbocycles. The number of aliphatic hydroxyl groups excluding tert-OH is 8. The van der Waals surface area contributed by atoms with Gasteiger partial charge in [0, 0.05) is 19.6 Å². The first kappa shape index (κ1) is 66.0. The Hall–Kier alpha value is -5.50. The van der Waals surface area contributed by atoms with E-state index in [0.29, 0.717) is 128 Å². The van der Waals surface area contributed by atoms with Gasteiger partial charge in [0.1, 0.15) is 97.1 Å². The van der Waals surface area contributed by atoms with E-state index in [2.05, 4.69) is 32.8 Å². The Kier molecular flexibility index (Phi) is 28.2. The Bertz CT molecular complexity index is 2590. The second-order valence-corrected chi connectivity index (χ2v) is 20.8. The summed E-state index contributed by atoms with van der Waals surface area (Å²) in [5, 5.41) is 114. The molecule has 0 spiro atoms. The zero-order valence-electron chi connectivity index (χ0n) is 45.7. The highest BCUT2D eigenvalue weighted by Crippen LogP contribution is 2.41. The minimum atomic E-state index is -1.53. The SMILES string of the molecule is N#Cc1cc(Sc2ccc(OCCOCCOCCOCCn3cc(CO[C@H]4O[C@H](CO)[C@@H](O)[C@H](O)[C@@H]4O)nn3)cc2)c(Sc2ccc(OCCOCCOCCOCCn3cc(CO[C@H]4O[C@H](CO)[C@@H](O)[C@H](O)[C@@H]4O)nn3)cc2)cc1C#N. The lowest BCUT2D eigenvalue weighted by molar-refractivity contribution is -0.304. The third-order valence-corrected chi connectivity index (χ3v) is 14.8. The summed E-state index contributed by atoms with van der Waals surface area (Å²) < 4.78 is 70.2. The van der Waals surface area contributed by atoms with Gasteiger partial charge in [-0.25, -0.2) is 9.36 Å². The van der Waals surface area contributed by atoms with Crippen molar-refractivity contribution in [3.63, 3.8) is 0 Å². The van der Waals surface area contributed by atoms with Gasteiger partial charge in [0.2, 0.25) is 0 Å². The highest BCUT2D eigenvalue weighted by atomic mass is 32.2. The van der Waals surface area contributed by atoms with Crippen LogP contribution in [0.3, 0.4) is 0 Å². The maximum atomic E-state index is 10.1. The molecule has 5 aromatic rings. The topological polar surface area (TPSA) is 382 Å². The second kappa shape index (κ2) is 35.8.